The summed E-state index contributed by atoms with van der Waals surface area (Å²) in [5.41, 5.74) is 1.03. The summed E-state index contributed by atoms with van der Waals surface area (Å²) in [6, 6.07) is 7.56. The van der Waals surface area contributed by atoms with E-state index in [4.69, 9.17) is 11.6 Å². The number of halogens is 1. The molecule has 0 aromatic heterocycles. The van der Waals surface area contributed by atoms with Gasteiger partial charge >= 0.3 is 0 Å². The summed E-state index contributed by atoms with van der Waals surface area (Å²) in [4.78, 5) is 26.8. The minimum atomic E-state index is -0.0231. The number of nitrogens with one attached hydrogen (secondary N) is 2. The highest BCUT2D eigenvalue weighted by atomic mass is 35.5. The number of amides is 2. The van der Waals surface area contributed by atoms with Crippen LogP contribution in [-0.4, -0.2) is 49.4 Å². The highest BCUT2D eigenvalue weighted by molar-refractivity contribution is 6.30. The number of likely N-dealkylation sites (N-methyl/N-ethyl adjacent to an activating group) is 2. The number of carbonyl (C=O) groups excluding carboxylic acids is 2. The Kier molecular flexibility index (Phi) is 8.06. The summed E-state index contributed by atoms with van der Waals surface area (Å²) in [6.07, 6.45) is 0. The molecular weight excluding hydrogens is 314 g/mol. The van der Waals surface area contributed by atoms with Gasteiger partial charge in [0, 0.05) is 24.7 Å². The maximum absolute atomic E-state index is 12.3. The first-order valence-corrected chi connectivity index (χ1v) is 8.31. The molecule has 0 aliphatic heterocycles. The zero-order valence-corrected chi connectivity index (χ0v) is 15.1. The molecule has 1 unspecified atom stereocenters. The van der Waals surface area contributed by atoms with Crippen LogP contribution in [0.5, 0.6) is 0 Å². The van der Waals surface area contributed by atoms with E-state index in [0.29, 0.717) is 24.7 Å². The number of rotatable bonds is 8. The first-order valence-electron chi connectivity index (χ1n) is 7.93. The van der Waals surface area contributed by atoms with Gasteiger partial charge in [0.15, 0.2) is 13.1 Å². The first kappa shape index (κ1) is 19.5. The third kappa shape index (κ3) is 7.48. The smallest absolute Gasteiger partial charge is 0.277 e. The minimum absolute atomic E-state index is 0.0224. The van der Waals surface area contributed by atoms with E-state index in [1.54, 1.807) is 11.9 Å². The number of quaternary nitrogens is 1. The average Bonchev–Trinajstić information content (AvgIpc) is 2.47. The monoisotopic (exact) mass is 340 g/mol. The van der Waals surface area contributed by atoms with E-state index in [9.17, 15) is 9.59 Å². The molecule has 6 heteroatoms. The molecule has 0 spiro atoms. The fourth-order valence-electron chi connectivity index (χ4n) is 2.21. The van der Waals surface area contributed by atoms with Crippen LogP contribution in [0, 0.1) is 0 Å². The molecule has 1 aromatic carbocycles. The Morgan fingerprint density at radius 3 is 2.35 bits per heavy atom. The summed E-state index contributed by atoms with van der Waals surface area (Å²) < 4.78 is 0. The number of hydrogen-bond acceptors (Lipinski definition) is 2. The topological polar surface area (TPSA) is 53.9 Å². The minimum Gasteiger partial charge on any atom is -0.349 e. The van der Waals surface area contributed by atoms with Crippen LogP contribution in [0.25, 0.3) is 0 Å². The lowest BCUT2D eigenvalue weighted by Crippen LogP contribution is -3.14. The van der Waals surface area contributed by atoms with Gasteiger partial charge in [-0.2, -0.15) is 0 Å². The summed E-state index contributed by atoms with van der Waals surface area (Å²) in [5, 5.41) is 3.54. The van der Waals surface area contributed by atoms with E-state index < -0.39 is 0 Å². The standard InChI is InChI=1S/C17H26ClN3O2/c1-5-21(11-16(22)19-13(2)3)12-17(23)20(4)10-14-6-8-15(18)9-7-14/h6-9,13H,5,10-12H2,1-4H3,(H,19,22)/p+1. The van der Waals surface area contributed by atoms with E-state index in [1.807, 2.05) is 45.0 Å². The van der Waals surface area contributed by atoms with Gasteiger partial charge in [-0.25, -0.2) is 0 Å². The van der Waals surface area contributed by atoms with Crippen molar-refractivity contribution in [3.8, 4) is 0 Å². The molecule has 1 rings (SSSR count). The van der Waals surface area contributed by atoms with Gasteiger partial charge in [-0.05, 0) is 38.5 Å². The van der Waals surface area contributed by atoms with Gasteiger partial charge < -0.3 is 15.1 Å². The molecule has 0 aliphatic carbocycles. The Labute approximate surface area is 143 Å². The molecule has 0 aliphatic rings. The van der Waals surface area contributed by atoms with Gasteiger partial charge in [0.2, 0.25) is 0 Å². The predicted octanol–water partition coefficient (Wildman–Crippen LogP) is 0.728. The van der Waals surface area contributed by atoms with Crippen LogP contribution in [0.2, 0.25) is 5.02 Å². The molecule has 0 radical (unpaired) electrons. The Hall–Kier alpha value is -1.59. The van der Waals surface area contributed by atoms with Gasteiger partial charge in [-0.15, -0.1) is 0 Å². The lowest BCUT2D eigenvalue weighted by Gasteiger charge is -2.22. The quantitative estimate of drug-likeness (QED) is 0.733. The van der Waals surface area contributed by atoms with Gasteiger partial charge in [-0.3, -0.25) is 9.59 Å². The summed E-state index contributed by atoms with van der Waals surface area (Å²) >= 11 is 5.86. The van der Waals surface area contributed by atoms with Gasteiger partial charge in [0.1, 0.15) is 0 Å². The van der Waals surface area contributed by atoms with E-state index >= 15 is 0 Å². The third-order valence-electron chi connectivity index (χ3n) is 3.52. The molecule has 1 aromatic rings. The summed E-state index contributed by atoms with van der Waals surface area (Å²) in [7, 11) is 1.78. The number of carbonyl (C=O) groups is 2. The maximum atomic E-state index is 12.3. The van der Waals surface area contributed by atoms with Crippen LogP contribution >= 0.6 is 11.6 Å². The molecule has 0 fully saturated rings. The van der Waals surface area contributed by atoms with Crippen LogP contribution in [0.1, 0.15) is 26.3 Å². The highest BCUT2D eigenvalue weighted by Crippen LogP contribution is 2.10. The molecule has 0 saturated heterocycles. The Morgan fingerprint density at radius 2 is 1.83 bits per heavy atom. The van der Waals surface area contributed by atoms with E-state index in [-0.39, 0.29) is 17.9 Å². The fourth-order valence-corrected chi connectivity index (χ4v) is 2.34. The van der Waals surface area contributed by atoms with E-state index in [2.05, 4.69) is 5.32 Å². The largest absolute Gasteiger partial charge is 0.349 e. The van der Waals surface area contributed by atoms with Crippen LogP contribution in [0.3, 0.4) is 0 Å². The highest BCUT2D eigenvalue weighted by Gasteiger charge is 2.19. The van der Waals surface area contributed by atoms with Crippen molar-refractivity contribution < 1.29 is 14.5 Å². The zero-order valence-electron chi connectivity index (χ0n) is 14.4. The van der Waals surface area contributed by atoms with Crippen molar-refractivity contribution in [3.05, 3.63) is 34.9 Å². The molecule has 2 N–H and O–H groups in total. The summed E-state index contributed by atoms with van der Waals surface area (Å²) in [6.45, 7) is 7.71. The number of benzene rings is 1. The Morgan fingerprint density at radius 1 is 1.22 bits per heavy atom. The molecular formula is C17H27ClN3O2+. The molecule has 0 bridgehead atoms. The van der Waals surface area contributed by atoms with Crippen molar-refractivity contribution in [2.24, 2.45) is 0 Å². The van der Waals surface area contributed by atoms with Gasteiger partial charge in [0.25, 0.3) is 11.8 Å². The molecule has 23 heavy (non-hydrogen) atoms. The molecule has 2 amide bonds. The van der Waals surface area contributed by atoms with Crippen molar-refractivity contribution in [2.45, 2.75) is 33.4 Å². The van der Waals surface area contributed by atoms with Crippen molar-refractivity contribution in [1.82, 2.24) is 10.2 Å². The van der Waals surface area contributed by atoms with Crippen molar-refractivity contribution in [1.29, 1.82) is 0 Å². The van der Waals surface area contributed by atoms with E-state index in [1.165, 1.54) is 0 Å². The predicted molar refractivity (Wildman–Crippen MR) is 92.4 cm³/mol. The molecule has 128 valence electrons. The van der Waals surface area contributed by atoms with Crippen molar-refractivity contribution >= 4 is 23.4 Å². The summed E-state index contributed by atoms with van der Waals surface area (Å²) in [5.74, 6) is -0.000786. The van der Waals surface area contributed by atoms with Crippen LogP contribution in [-0.2, 0) is 16.1 Å². The number of nitrogens with zero attached hydrogens (tertiary/aromatic N) is 1. The van der Waals surface area contributed by atoms with Gasteiger partial charge in [-0.1, -0.05) is 23.7 Å². The molecule has 0 saturated carbocycles. The Bertz CT molecular complexity index is 517. The van der Waals surface area contributed by atoms with Crippen molar-refractivity contribution in [2.75, 3.05) is 26.7 Å². The van der Waals surface area contributed by atoms with E-state index in [0.717, 1.165) is 17.0 Å². The number of hydrogen-bond donors (Lipinski definition) is 2. The third-order valence-corrected chi connectivity index (χ3v) is 3.77. The second kappa shape index (κ2) is 9.53. The van der Waals surface area contributed by atoms with Crippen molar-refractivity contribution in [3.63, 3.8) is 0 Å². The fraction of sp³-hybridized carbons (Fsp3) is 0.529. The SMILES string of the molecule is CC[NH+](CC(=O)NC(C)C)CC(=O)N(C)Cc1ccc(Cl)cc1. The van der Waals surface area contributed by atoms with Crippen LogP contribution < -0.4 is 10.2 Å². The molecule has 5 nitrogen and oxygen atoms in total. The first-order chi connectivity index (χ1) is 10.8. The average molecular weight is 341 g/mol. The van der Waals surface area contributed by atoms with Crippen LogP contribution in [0.4, 0.5) is 0 Å². The second-order valence-corrected chi connectivity index (χ2v) is 6.49. The lowest BCUT2D eigenvalue weighted by molar-refractivity contribution is -0.882. The lowest BCUT2D eigenvalue weighted by atomic mass is 10.2. The molecule has 0 heterocycles. The molecule has 1 atom stereocenters. The Balaban J connectivity index is 2.51. The van der Waals surface area contributed by atoms with Crippen LogP contribution in [0.15, 0.2) is 24.3 Å². The second-order valence-electron chi connectivity index (χ2n) is 6.06. The maximum Gasteiger partial charge on any atom is 0.277 e. The van der Waals surface area contributed by atoms with Gasteiger partial charge in [0.05, 0.1) is 6.54 Å². The zero-order chi connectivity index (χ0) is 17.4. The normalized spacial score (nSPS) is 12.1.